The Morgan fingerprint density at radius 2 is 0.622 bits per heavy atom. The van der Waals surface area contributed by atoms with Crippen LogP contribution < -0.4 is 26.4 Å². The van der Waals surface area contributed by atoms with Gasteiger partial charge in [-0.1, -0.05) is 110 Å². The van der Waals surface area contributed by atoms with Crippen LogP contribution in [0.1, 0.15) is 93.7 Å². The fourth-order valence-corrected chi connectivity index (χ4v) is 10.1. The van der Waals surface area contributed by atoms with Gasteiger partial charge in [-0.3, -0.25) is 0 Å². The quantitative estimate of drug-likeness (QED) is 0.0811. The summed E-state index contributed by atoms with van der Waals surface area (Å²) in [6.45, 7) is 0.904. The van der Waals surface area contributed by atoms with E-state index in [9.17, 15) is 105 Å². The molecule has 0 saturated heterocycles. The second-order valence-electron chi connectivity index (χ2n) is 19.4. The normalized spacial score (nSPS) is 14.6. The van der Waals surface area contributed by atoms with Crippen molar-refractivity contribution in [1.29, 1.82) is 0 Å². The number of nitrogens with zero attached hydrogens (tertiary/aromatic N) is 1. The third-order valence-electron chi connectivity index (χ3n) is 13.9. The van der Waals surface area contributed by atoms with Gasteiger partial charge in [0, 0.05) is 23.3 Å². The summed E-state index contributed by atoms with van der Waals surface area (Å²) in [5.41, 5.74) is -24.8. The summed E-state index contributed by atoms with van der Waals surface area (Å²) < 4.78 is 343. The van der Waals surface area contributed by atoms with Crippen LogP contribution in [0.2, 0.25) is 0 Å². The van der Waals surface area contributed by atoms with Gasteiger partial charge in [-0.15, -0.1) is 0 Å². The Balaban J connectivity index is 0.000000318. The summed E-state index contributed by atoms with van der Waals surface area (Å²) in [6, 6.07) is 17.6. The van der Waals surface area contributed by atoms with Gasteiger partial charge in [0.15, 0.2) is 12.7 Å². The molecular formula is C56H38BF24N. The van der Waals surface area contributed by atoms with E-state index >= 15 is 0 Å². The molecule has 0 N–H and O–H groups in total. The number of aromatic nitrogens is 1. The fourth-order valence-electron chi connectivity index (χ4n) is 10.1. The van der Waals surface area contributed by atoms with Crippen molar-refractivity contribution in [2.45, 2.75) is 94.0 Å². The van der Waals surface area contributed by atoms with Gasteiger partial charge in [-0.25, -0.2) is 0 Å². The number of benzene rings is 6. The average Bonchev–Trinajstić information content (AvgIpc) is 1.43. The van der Waals surface area contributed by atoms with Gasteiger partial charge in [-0.2, -0.15) is 132 Å². The number of hydrogen-bond donors (Lipinski definition) is 0. The average molecular weight is 1190 g/mol. The summed E-state index contributed by atoms with van der Waals surface area (Å²) in [4.78, 5) is 0. The van der Waals surface area contributed by atoms with Gasteiger partial charge in [-0.05, 0) is 66.8 Å². The van der Waals surface area contributed by atoms with Crippen molar-refractivity contribution in [3.05, 3.63) is 207 Å². The van der Waals surface area contributed by atoms with E-state index in [1.807, 2.05) is 0 Å². The van der Waals surface area contributed by atoms with Crippen molar-refractivity contribution in [3.8, 4) is 11.3 Å². The first-order valence-corrected chi connectivity index (χ1v) is 24.1. The van der Waals surface area contributed by atoms with Crippen LogP contribution in [-0.4, -0.2) is 6.15 Å². The first kappa shape index (κ1) is 62.5. The van der Waals surface area contributed by atoms with E-state index in [4.69, 9.17) is 0 Å². The largest absolute Gasteiger partial charge is 0.416 e. The van der Waals surface area contributed by atoms with Crippen molar-refractivity contribution in [1.82, 2.24) is 0 Å². The maximum absolute atomic E-state index is 14.2. The van der Waals surface area contributed by atoms with E-state index in [2.05, 4.69) is 83.6 Å². The lowest BCUT2D eigenvalue weighted by Gasteiger charge is -2.46. The lowest BCUT2D eigenvalue weighted by Crippen LogP contribution is -2.75. The molecule has 0 spiro atoms. The molecule has 0 unspecified atom stereocenters. The maximum Gasteiger partial charge on any atom is 0.416 e. The smallest absolute Gasteiger partial charge is 0.194 e. The molecule has 0 atom stereocenters. The van der Waals surface area contributed by atoms with Crippen molar-refractivity contribution >= 4 is 28.0 Å². The molecule has 438 valence electrons. The second-order valence-corrected chi connectivity index (χ2v) is 19.4. The molecule has 1 fully saturated rings. The zero-order valence-corrected chi connectivity index (χ0v) is 41.3. The second kappa shape index (κ2) is 22.5. The highest BCUT2D eigenvalue weighted by molar-refractivity contribution is 7.20. The van der Waals surface area contributed by atoms with Crippen LogP contribution >= 0.6 is 0 Å². The molecule has 82 heavy (non-hydrogen) atoms. The van der Waals surface area contributed by atoms with Crippen molar-refractivity contribution in [2.24, 2.45) is 0 Å². The Morgan fingerprint density at radius 1 is 0.329 bits per heavy atom. The van der Waals surface area contributed by atoms with Gasteiger partial charge in [0.05, 0.1) is 44.5 Å². The molecule has 6 aromatic carbocycles. The van der Waals surface area contributed by atoms with E-state index in [-0.39, 0.29) is 0 Å². The van der Waals surface area contributed by atoms with Crippen LogP contribution in [0.15, 0.2) is 152 Å². The Bertz CT molecular complexity index is 2920. The van der Waals surface area contributed by atoms with E-state index in [1.165, 1.54) is 54.5 Å². The molecule has 1 nitrogen and oxygen atoms in total. The van der Waals surface area contributed by atoms with Crippen LogP contribution in [-0.2, 0) is 56.0 Å². The standard InChI is InChI=1S/C32H12BF24.C24H26N/c34-25(35,36)13-1-14(26(37,38)39)6-21(5-13)33(22-7-15(27(40,41)42)2-16(8-22)28(43,44)45,23-9-17(29(46,47)48)3-18(10-23)30(49,50)51)24-11-19(31(52,53)54)4-20(12-24)32(55,56)57;1-3-9-20(10-4-1)19-25-18-8-7-13-24(25)23-16-14-22(15-17-23)21-11-5-2-6-12-21/h1-12H;1,3-4,7-10,13-18,21H,2,5-6,11-12,19H2/q-1;+1. The molecule has 1 aromatic heterocycles. The summed E-state index contributed by atoms with van der Waals surface area (Å²) >= 11 is 0. The predicted octanol–water partition coefficient (Wildman–Crippen LogP) is 17.0. The molecule has 8 rings (SSSR count). The molecule has 0 bridgehead atoms. The highest BCUT2D eigenvalue weighted by Gasteiger charge is 2.47. The van der Waals surface area contributed by atoms with E-state index in [1.54, 1.807) is 0 Å². The van der Waals surface area contributed by atoms with E-state index in [0.717, 1.165) is 12.5 Å². The number of halogens is 24. The van der Waals surface area contributed by atoms with E-state index in [0.29, 0.717) is 0 Å². The van der Waals surface area contributed by atoms with Crippen LogP contribution in [0, 0.1) is 0 Å². The van der Waals surface area contributed by atoms with Gasteiger partial charge < -0.3 is 0 Å². The fraction of sp³-hybridized carbons (Fsp3) is 0.268. The lowest BCUT2D eigenvalue weighted by atomic mass is 9.12. The topological polar surface area (TPSA) is 3.88 Å². The van der Waals surface area contributed by atoms with Crippen molar-refractivity contribution < 1.29 is 110 Å². The monoisotopic (exact) mass is 1190 g/mol. The molecule has 1 heterocycles. The molecule has 26 heteroatoms. The zero-order chi connectivity index (χ0) is 60.8. The van der Waals surface area contributed by atoms with Gasteiger partial charge in [0.2, 0.25) is 5.69 Å². The summed E-state index contributed by atoms with van der Waals surface area (Å²) in [5.74, 6) is 0.773. The molecule has 0 aliphatic heterocycles. The Labute approximate surface area is 449 Å². The first-order chi connectivity index (χ1) is 37.7. The summed E-state index contributed by atoms with van der Waals surface area (Å²) in [6.07, 6.45) is -45.7. The molecule has 0 amide bonds. The minimum absolute atomic E-state index is 0.691. The van der Waals surface area contributed by atoms with E-state index < -0.39 is 195 Å². The molecular weight excluding hydrogens is 1150 g/mol. The van der Waals surface area contributed by atoms with Gasteiger partial charge in [0.1, 0.15) is 6.15 Å². The molecule has 1 aliphatic carbocycles. The Morgan fingerprint density at radius 3 is 0.915 bits per heavy atom. The third kappa shape index (κ3) is 14.4. The number of alkyl halides is 24. The summed E-state index contributed by atoms with van der Waals surface area (Å²) in [5, 5.41) is 0. The Hall–Kier alpha value is -7.15. The minimum Gasteiger partial charge on any atom is -0.194 e. The zero-order valence-electron chi connectivity index (χ0n) is 41.3. The lowest BCUT2D eigenvalue weighted by molar-refractivity contribution is -0.677. The molecule has 1 aliphatic rings. The van der Waals surface area contributed by atoms with Gasteiger partial charge in [0.25, 0.3) is 0 Å². The van der Waals surface area contributed by atoms with Crippen molar-refractivity contribution in [3.63, 3.8) is 0 Å². The molecule has 7 aromatic rings. The third-order valence-corrected chi connectivity index (χ3v) is 13.9. The number of rotatable bonds is 8. The SMILES string of the molecule is FC(F)(F)c1cc([B-](c2cc(C(F)(F)F)cc(C(F)(F)F)c2)(c2cc(C(F)(F)F)cc(C(F)(F)F)c2)c2cc(C(F)(F)F)cc(C(F)(F)F)c2)cc(C(F)(F)F)c1.c1ccc(C[n+]2ccccc2-c2ccc(C3CCCCC3)cc2)cc1. The van der Waals surface area contributed by atoms with Crippen LogP contribution in [0.3, 0.4) is 0 Å². The maximum atomic E-state index is 14.2. The number of hydrogen-bond acceptors (Lipinski definition) is 0. The predicted molar refractivity (Wildman–Crippen MR) is 254 cm³/mol. The highest BCUT2D eigenvalue weighted by atomic mass is 19.4. The minimum atomic E-state index is -6.13. The molecule has 1 saturated carbocycles. The van der Waals surface area contributed by atoms with Gasteiger partial charge >= 0.3 is 49.4 Å². The van der Waals surface area contributed by atoms with Crippen molar-refractivity contribution in [2.75, 3.05) is 0 Å². The Kier molecular flexibility index (Phi) is 17.2. The van der Waals surface area contributed by atoms with Crippen LogP contribution in [0.5, 0.6) is 0 Å². The van der Waals surface area contributed by atoms with Crippen LogP contribution in [0.4, 0.5) is 105 Å². The highest BCUT2D eigenvalue weighted by Crippen LogP contribution is 2.42. The molecule has 0 radical (unpaired) electrons. The summed E-state index contributed by atoms with van der Waals surface area (Å²) in [7, 11) is 0. The first-order valence-electron chi connectivity index (χ1n) is 24.1. The van der Waals surface area contributed by atoms with Crippen LogP contribution in [0.25, 0.3) is 11.3 Å². The number of pyridine rings is 1.